The monoisotopic (exact) mass is 368 g/mol. The fourth-order valence-electron chi connectivity index (χ4n) is 3.05. The average Bonchev–Trinajstić information content (AvgIpc) is 3.01. The molecule has 0 spiro atoms. The lowest BCUT2D eigenvalue weighted by molar-refractivity contribution is -0.140. The van der Waals surface area contributed by atoms with Gasteiger partial charge in [0.05, 0.1) is 31.5 Å². The summed E-state index contributed by atoms with van der Waals surface area (Å²) in [5.74, 6) is -0.191. The van der Waals surface area contributed by atoms with Crippen LogP contribution in [0.4, 0.5) is 0 Å². The van der Waals surface area contributed by atoms with Gasteiger partial charge in [0.2, 0.25) is 0 Å². The summed E-state index contributed by atoms with van der Waals surface area (Å²) in [6.45, 7) is 2.18. The number of methoxy groups -OCH3 is 1. The van der Waals surface area contributed by atoms with Crippen LogP contribution in [0.1, 0.15) is 71.1 Å². The Kier molecular flexibility index (Phi) is 12.3. The van der Waals surface area contributed by atoms with Gasteiger partial charge in [-0.2, -0.15) is 0 Å². The molecule has 2 N–H and O–H groups in total. The number of hydrogen-bond acceptors (Lipinski definition) is 5. The lowest BCUT2D eigenvalue weighted by atomic mass is 10.0. The van der Waals surface area contributed by atoms with E-state index in [2.05, 4.69) is 17.7 Å². The van der Waals surface area contributed by atoms with E-state index in [9.17, 15) is 15.0 Å². The SMILES string of the molecule is CCCCCC=CCC(O)C1C[C@H](O)[C@H](CC=CCCCC(=O)OC)O1. The number of allylic oxidation sites excluding steroid dienone is 2. The zero-order chi connectivity index (χ0) is 19.2. The van der Waals surface area contributed by atoms with Crippen LogP contribution in [-0.4, -0.2) is 47.7 Å². The molecule has 0 aromatic carbocycles. The van der Waals surface area contributed by atoms with Gasteiger partial charge < -0.3 is 19.7 Å². The Morgan fingerprint density at radius 1 is 1.19 bits per heavy atom. The molecule has 0 aromatic rings. The normalized spacial score (nSPS) is 24.5. The third-order valence-electron chi connectivity index (χ3n) is 4.71. The molecule has 0 radical (unpaired) electrons. The highest BCUT2D eigenvalue weighted by Crippen LogP contribution is 2.26. The first-order valence-corrected chi connectivity index (χ1v) is 9.96. The van der Waals surface area contributed by atoms with Crippen LogP contribution in [0.5, 0.6) is 0 Å². The maximum Gasteiger partial charge on any atom is 0.305 e. The van der Waals surface area contributed by atoms with Crippen LogP contribution < -0.4 is 0 Å². The molecule has 0 saturated carbocycles. The third kappa shape index (κ3) is 9.51. The fraction of sp³-hybridized carbons (Fsp3) is 0.762. The fourth-order valence-corrected chi connectivity index (χ4v) is 3.05. The quantitative estimate of drug-likeness (QED) is 0.295. The van der Waals surface area contributed by atoms with E-state index in [1.165, 1.54) is 26.4 Å². The van der Waals surface area contributed by atoms with Gasteiger partial charge in [-0.3, -0.25) is 4.79 Å². The second-order valence-corrected chi connectivity index (χ2v) is 6.96. The van der Waals surface area contributed by atoms with Crippen molar-refractivity contribution in [3.05, 3.63) is 24.3 Å². The molecule has 1 aliphatic rings. The molecular formula is C21H36O5. The molecule has 5 heteroatoms. The van der Waals surface area contributed by atoms with E-state index in [0.717, 1.165) is 19.3 Å². The van der Waals surface area contributed by atoms with Crippen LogP contribution >= 0.6 is 0 Å². The molecule has 1 fully saturated rings. The standard InChI is InChI=1S/C21H36O5/c1-3-4-5-6-7-10-13-17(22)20-16-18(23)19(26-20)14-11-8-9-12-15-21(24)25-2/h7-8,10-11,17-20,22-23H,3-6,9,12-16H2,1-2H3/t17?,18-,19-,20?/m0/s1. The van der Waals surface area contributed by atoms with E-state index in [-0.39, 0.29) is 18.2 Å². The van der Waals surface area contributed by atoms with Crippen molar-refractivity contribution in [1.29, 1.82) is 0 Å². The number of unbranched alkanes of at least 4 members (excludes halogenated alkanes) is 4. The molecule has 5 nitrogen and oxygen atoms in total. The summed E-state index contributed by atoms with van der Waals surface area (Å²) in [6.07, 6.45) is 14.8. The highest BCUT2D eigenvalue weighted by atomic mass is 16.5. The first-order valence-electron chi connectivity index (χ1n) is 9.96. The maximum absolute atomic E-state index is 11.0. The molecule has 1 rings (SSSR count). The number of esters is 1. The van der Waals surface area contributed by atoms with Gasteiger partial charge >= 0.3 is 5.97 Å². The van der Waals surface area contributed by atoms with Gasteiger partial charge in [0.25, 0.3) is 0 Å². The highest BCUT2D eigenvalue weighted by molar-refractivity contribution is 5.69. The lowest BCUT2D eigenvalue weighted by Gasteiger charge is -2.17. The summed E-state index contributed by atoms with van der Waals surface area (Å²) in [5, 5.41) is 20.4. The molecule has 2 unspecified atom stereocenters. The summed E-state index contributed by atoms with van der Waals surface area (Å²) in [4.78, 5) is 11.0. The van der Waals surface area contributed by atoms with E-state index in [1.807, 2.05) is 18.2 Å². The van der Waals surface area contributed by atoms with Crippen LogP contribution in [0.3, 0.4) is 0 Å². The van der Waals surface area contributed by atoms with Crippen molar-refractivity contribution in [3.8, 4) is 0 Å². The summed E-state index contributed by atoms with van der Waals surface area (Å²) in [7, 11) is 1.39. The number of rotatable bonds is 13. The first-order chi connectivity index (χ1) is 12.6. The van der Waals surface area contributed by atoms with Crippen LogP contribution in [0.15, 0.2) is 24.3 Å². The molecule has 0 bridgehead atoms. The first kappa shape index (κ1) is 22.9. The number of carbonyl (C=O) groups excluding carboxylic acids is 1. The molecular weight excluding hydrogens is 332 g/mol. The topological polar surface area (TPSA) is 76.0 Å². The molecule has 4 atom stereocenters. The minimum Gasteiger partial charge on any atom is -0.469 e. The Morgan fingerprint density at radius 2 is 1.92 bits per heavy atom. The van der Waals surface area contributed by atoms with Crippen LogP contribution in [-0.2, 0) is 14.3 Å². The second-order valence-electron chi connectivity index (χ2n) is 6.96. The van der Waals surface area contributed by atoms with Crippen LogP contribution in [0.25, 0.3) is 0 Å². The molecule has 0 aliphatic carbocycles. The van der Waals surface area contributed by atoms with Gasteiger partial charge in [-0.1, -0.05) is 44.1 Å². The summed E-state index contributed by atoms with van der Waals surface area (Å²) >= 11 is 0. The van der Waals surface area contributed by atoms with Gasteiger partial charge in [-0.05, 0) is 38.5 Å². The van der Waals surface area contributed by atoms with Gasteiger partial charge in [0, 0.05) is 12.8 Å². The van der Waals surface area contributed by atoms with E-state index >= 15 is 0 Å². The van der Waals surface area contributed by atoms with Crippen molar-refractivity contribution < 1.29 is 24.5 Å². The van der Waals surface area contributed by atoms with Crippen molar-refractivity contribution in [3.63, 3.8) is 0 Å². The number of carbonyl (C=O) groups is 1. The molecule has 26 heavy (non-hydrogen) atoms. The average molecular weight is 369 g/mol. The van der Waals surface area contributed by atoms with Crippen molar-refractivity contribution >= 4 is 5.97 Å². The molecule has 1 aliphatic heterocycles. The molecule has 1 saturated heterocycles. The Labute approximate surface area is 158 Å². The zero-order valence-corrected chi connectivity index (χ0v) is 16.3. The van der Waals surface area contributed by atoms with Crippen LogP contribution in [0.2, 0.25) is 0 Å². The Balaban J connectivity index is 2.21. The lowest BCUT2D eigenvalue weighted by Crippen LogP contribution is -2.25. The van der Waals surface area contributed by atoms with Crippen molar-refractivity contribution in [2.75, 3.05) is 7.11 Å². The smallest absolute Gasteiger partial charge is 0.305 e. The molecule has 0 aromatic heterocycles. The van der Waals surface area contributed by atoms with Crippen molar-refractivity contribution in [1.82, 2.24) is 0 Å². The third-order valence-corrected chi connectivity index (χ3v) is 4.71. The summed E-state index contributed by atoms with van der Waals surface area (Å²) in [6, 6.07) is 0. The predicted octanol–water partition coefficient (Wildman–Crippen LogP) is 3.68. The predicted molar refractivity (Wildman–Crippen MR) is 103 cm³/mol. The van der Waals surface area contributed by atoms with Crippen molar-refractivity contribution in [2.45, 2.75) is 95.5 Å². The Hall–Kier alpha value is -1.17. The number of aliphatic hydroxyl groups excluding tert-OH is 2. The van der Waals surface area contributed by atoms with Crippen LogP contribution in [0, 0.1) is 0 Å². The van der Waals surface area contributed by atoms with E-state index < -0.39 is 12.2 Å². The van der Waals surface area contributed by atoms with Gasteiger partial charge in [-0.15, -0.1) is 0 Å². The minimum atomic E-state index is -0.568. The van der Waals surface area contributed by atoms with E-state index in [4.69, 9.17) is 4.74 Å². The van der Waals surface area contributed by atoms with E-state index in [0.29, 0.717) is 25.7 Å². The zero-order valence-electron chi connectivity index (χ0n) is 16.3. The molecule has 0 amide bonds. The largest absolute Gasteiger partial charge is 0.469 e. The van der Waals surface area contributed by atoms with E-state index in [1.54, 1.807) is 0 Å². The van der Waals surface area contributed by atoms with Crippen molar-refractivity contribution in [2.24, 2.45) is 0 Å². The highest BCUT2D eigenvalue weighted by Gasteiger charge is 2.36. The minimum absolute atomic E-state index is 0.191. The second kappa shape index (κ2) is 14.0. The number of hydrogen-bond donors (Lipinski definition) is 2. The van der Waals surface area contributed by atoms with Gasteiger partial charge in [0.1, 0.15) is 0 Å². The summed E-state index contributed by atoms with van der Waals surface area (Å²) in [5.41, 5.74) is 0. The van der Waals surface area contributed by atoms with Gasteiger partial charge in [-0.25, -0.2) is 0 Å². The Morgan fingerprint density at radius 3 is 2.65 bits per heavy atom. The molecule has 150 valence electrons. The summed E-state index contributed by atoms with van der Waals surface area (Å²) < 4.78 is 10.4. The molecule has 1 heterocycles. The maximum atomic E-state index is 11.0. The number of aliphatic hydroxyl groups is 2. The number of ether oxygens (including phenoxy) is 2. The Bertz CT molecular complexity index is 432. The van der Waals surface area contributed by atoms with Gasteiger partial charge in [0.15, 0.2) is 0 Å².